The number of pyridine rings is 1. The number of amides is 1. The topological polar surface area (TPSA) is 105 Å². The number of nitrogens with zero attached hydrogens (tertiary/aromatic N) is 2. The fourth-order valence-electron chi connectivity index (χ4n) is 1.65. The van der Waals surface area contributed by atoms with Crippen molar-refractivity contribution in [2.24, 2.45) is 5.73 Å². The summed E-state index contributed by atoms with van der Waals surface area (Å²) in [7, 11) is -2.33. The van der Waals surface area contributed by atoms with Crippen LogP contribution in [0.3, 0.4) is 0 Å². The van der Waals surface area contributed by atoms with E-state index in [1.54, 1.807) is 6.07 Å². The Labute approximate surface area is 118 Å². The number of nitrogens with two attached hydrogens (primary N) is 1. The number of nitrogens with one attached hydrogen (secondary N) is 1. The second-order valence-corrected chi connectivity index (χ2v) is 6.84. The number of rotatable bonds is 6. The maximum Gasteiger partial charge on any atom is 0.244 e. The van der Waals surface area contributed by atoms with E-state index < -0.39 is 10.0 Å². The van der Waals surface area contributed by atoms with Crippen LogP contribution in [0.15, 0.2) is 23.2 Å². The second kappa shape index (κ2) is 5.86. The normalized spacial score (nSPS) is 15.3. The molecule has 0 spiro atoms. The molecule has 1 heterocycles. The smallest absolute Gasteiger partial charge is 0.244 e. The number of sulfonamides is 1. The van der Waals surface area contributed by atoms with Gasteiger partial charge in [-0.2, -0.15) is 4.31 Å². The molecule has 1 aromatic heterocycles. The van der Waals surface area contributed by atoms with Crippen molar-refractivity contribution in [3.63, 3.8) is 0 Å². The lowest BCUT2D eigenvalue weighted by Gasteiger charge is -2.16. The molecule has 1 amide bonds. The molecule has 0 bridgehead atoms. The summed E-state index contributed by atoms with van der Waals surface area (Å²) in [6.07, 6.45) is 3.19. The standard InChI is InChI=1S/C12H18N4O3S/c1-16(8-12(17)15-9-2-3-9)20(18,19)11-5-4-10(6-13)14-7-11/h4-5,7,9H,2-3,6,8,13H2,1H3,(H,15,17). The number of likely N-dealkylation sites (N-methyl/N-ethyl adjacent to an activating group) is 1. The highest BCUT2D eigenvalue weighted by Crippen LogP contribution is 2.19. The van der Waals surface area contributed by atoms with Gasteiger partial charge in [-0.15, -0.1) is 0 Å². The van der Waals surface area contributed by atoms with Gasteiger partial charge in [-0.3, -0.25) is 9.78 Å². The van der Waals surface area contributed by atoms with Crippen LogP contribution in [0.2, 0.25) is 0 Å². The maximum atomic E-state index is 12.2. The molecule has 0 aromatic carbocycles. The first-order valence-electron chi connectivity index (χ1n) is 6.34. The molecule has 0 aliphatic heterocycles. The van der Waals surface area contributed by atoms with Gasteiger partial charge in [0, 0.05) is 25.8 Å². The van der Waals surface area contributed by atoms with Crippen LogP contribution in [-0.4, -0.2) is 43.2 Å². The lowest BCUT2D eigenvalue weighted by atomic mass is 10.4. The number of carbonyl (C=O) groups is 1. The molecular formula is C12H18N4O3S. The molecule has 1 aromatic rings. The summed E-state index contributed by atoms with van der Waals surface area (Å²) < 4.78 is 25.5. The Morgan fingerprint density at radius 3 is 2.70 bits per heavy atom. The third-order valence-corrected chi connectivity index (χ3v) is 4.81. The number of hydrogen-bond donors (Lipinski definition) is 2. The van der Waals surface area contributed by atoms with Gasteiger partial charge in [0.15, 0.2) is 0 Å². The fraction of sp³-hybridized carbons (Fsp3) is 0.500. The fourth-order valence-corrected chi connectivity index (χ4v) is 2.73. The van der Waals surface area contributed by atoms with Crippen molar-refractivity contribution in [2.75, 3.05) is 13.6 Å². The van der Waals surface area contributed by atoms with Crippen molar-refractivity contribution < 1.29 is 13.2 Å². The first-order valence-corrected chi connectivity index (χ1v) is 7.78. The lowest BCUT2D eigenvalue weighted by molar-refractivity contribution is -0.121. The third kappa shape index (κ3) is 3.53. The molecule has 8 heteroatoms. The Kier molecular flexibility index (Phi) is 4.36. The van der Waals surface area contributed by atoms with E-state index >= 15 is 0 Å². The van der Waals surface area contributed by atoms with Crippen LogP contribution in [0.4, 0.5) is 0 Å². The molecule has 1 aliphatic carbocycles. The largest absolute Gasteiger partial charge is 0.352 e. The van der Waals surface area contributed by atoms with Crippen molar-refractivity contribution in [2.45, 2.75) is 30.3 Å². The summed E-state index contributed by atoms with van der Waals surface area (Å²) in [5.41, 5.74) is 6.02. The maximum absolute atomic E-state index is 12.2. The van der Waals surface area contributed by atoms with Gasteiger partial charge in [0.05, 0.1) is 12.2 Å². The highest BCUT2D eigenvalue weighted by molar-refractivity contribution is 7.89. The van der Waals surface area contributed by atoms with Crippen LogP contribution in [0.1, 0.15) is 18.5 Å². The molecule has 1 aliphatic rings. The summed E-state index contributed by atoms with van der Waals surface area (Å²) in [5, 5.41) is 2.75. The summed E-state index contributed by atoms with van der Waals surface area (Å²) >= 11 is 0. The van der Waals surface area contributed by atoms with E-state index in [4.69, 9.17) is 5.73 Å². The van der Waals surface area contributed by atoms with Crippen LogP contribution in [0.25, 0.3) is 0 Å². The van der Waals surface area contributed by atoms with Gasteiger partial charge >= 0.3 is 0 Å². The van der Waals surface area contributed by atoms with E-state index in [2.05, 4.69) is 10.3 Å². The van der Waals surface area contributed by atoms with Crippen LogP contribution >= 0.6 is 0 Å². The highest BCUT2D eigenvalue weighted by Gasteiger charge is 2.27. The first-order chi connectivity index (χ1) is 9.43. The van der Waals surface area contributed by atoms with Crippen molar-refractivity contribution in [3.05, 3.63) is 24.0 Å². The summed E-state index contributed by atoms with van der Waals surface area (Å²) in [5.74, 6) is -0.287. The molecule has 1 saturated carbocycles. The molecule has 1 fully saturated rings. The van der Waals surface area contributed by atoms with Crippen LogP contribution in [0, 0.1) is 0 Å². The zero-order chi connectivity index (χ0) is 14.8. The van der Waals surface area contributed by atoms with E-state index in [9.17, 15) is 13.2 Å². The predicted octanol–water partition coefficient (Wildman–Crippen LogP) is -0.561. The quantitative estimate of drug-likeness (QED) is 0.732. The zero-order valence-electron chi connectivity index (χ0n) is 11.2. The van der Waals surface area contributed by atoms with Gasteiger partial charge in [0.25, 0.3) is 0 Å². The minimum absolute atomic E-state index is 0.0522. The molecule has 7 nitrogen and oxygen atoms in total. The number of aromatic nitrogens is 1. The number of hydrogen-bond acceptors (Lipinski definition) is 5. The molecule has 0 unspecified atom stereocenters. The van der Waals surface area contributed by atoms with Gasteiger partial charge in [0.1, 0.15) is 4.90 Å². The highest BCUT2D eigenvalue weighted by atomic mass is 32.2. The van der Waals surface area contributed by atoms with Gasteiger partial charge in [-0.1, -0.05) is 0 Å². The van der Waals surface area contributed by atoms with E-state index in [1.807, 2.05) is 0 Å². The summed E-state index contributed by atoms with van der Waals surface area (Å²) in [4.78, 5) is 15.6. The Morgan fingerprint density at radius 2 is 2.20 bits per heavy atom. The minimum atomic E-state index is -3.71. The predicted molar refractivity (Wildman–Crippen MR) is 73.1 cm³/mol. The van der Waals surface area contributed by atoms with E-state index in [1.165, 1.54) is 19.3 Å². The average Bonchev–Trinajstić information content (AvgIpc) is 3.22. The van der Waals surface area contributed by atoms with E-state index in [-0.39, 0.29) is 29.9 Å². The summed E-state index contributed by atoms with van der Waals surface area (Å²) in [6.45, 7) is 0.0530. The Balaban J connectivity index is 2.05. The zero-order valence-corrected chi connectivity index (χ0v) is 12.1. The Morgan fingerprint density at radius 1 is 1.50 bits per heavy atom. The van der Waals surface area contributed by atoms with Crippen molar-refractivity contribution in [1.29, 1.82) is 0 Å². The molecule has 2 rings (SSSR count). The van der Waals surface area contributed by atoms with Gasteiger partial charge < -0.3 is 11.1 Å². The van der Waals surface area contributed by atoms with Crippen molar-refractivity contribution in [3.8, 4) is 0 Å². The van der Waals surface area contributed by atoms with Gasteiger partial charge in [-0.05, 0) is 25.0 Å². The molecule has 3 N–H and O–H groups in total. The van der Waals surface area contributed by atoms with Gasteiger partial charge in [-0.25, -0.2) is 8.42 Å². The van der Waals surface area contributed by atoms with Crippen LogP contribution < -0.4 is 11.1 Å². The minimum Gasteiger partial charge on any atom is -0.352 e. The van der Waals surface area contributed by atoms with Crippen LogP contribution in [-0.2, 0) is 21.4 Å². The molecular weight excluding hydrogens is 280 g/mol. The molecule has 20 heavy (non-hydrogen) atoms. The summed E-state index contributed by atoms with van der Waals surface area (Å²) in [6, 6.07) is 3.22. The third-order valence-electron chi connectivity index (χ3n) is 3.02. The number of carbonyl (C=O) groups excluding carboxylic acids is 1. The first kappa shape index (κ1) is 14.9. The van der Waals surface area contributed by atoms with Crippen LogP contribution in [0.5, 0.6) is 0 Å². The van der Waals surface area contributed by atoms with E-state index in [0.717, 1.165) is 17.1 Å². The molecule has 110 valence electrons. The van der Waals surface area contributed by atoms with E-state index in [0.29, 0.717) is 5.69 Å². The monoisotopic (exact) mass is 298 g/mol. The van der Waals surface area contributed by atoms with Gasteiger partial charge in [0.2, 0.25) is 15.9 Å². The molecule has 0 atom stereocenters. The molecule has 0 radical (unpaired) electrons. The molecule has 0 saturated heterocycles. The second-order valence-electron chi connectivity index (χ2n) is 4.79. The Hall–Kier alpha value is -1.51. The average molecular weight is 298 g/mol. The Bertz CT molecular complexity index is 581. The SMILES string of the molecule is CN(CC(=O)NC1CC1)S(=O)(=O)c1ccc(CN)nc1. The lowest BCUT2D eigenvalue weighted by Crippen LogP contribution is -2.39. The van der Waals surface area contributed by atoms with Crippen molar-refractivity contribution in [1.82, 2.24) is 14.6 Å². The van der Waals surface area contributed by atoms with Crippen molar-refractivity contribution >= 4 is 15.9 Å².